The van der Waals surface area contributed by atoms with Gasteiger partial charge in [0, 0.05) is 30.1 Å². The standard InChI is InChI=1S/C15H22ClNO/c1-10-5-6-11(12(16)7-10)9-17-13-8-14(18-4)15(13,2)3/h5-7,13-14,17H,8-9H2,1-4H3. The molecule has 2 rings (SSSR count). The molecule has 1 N–H and O–H groups in total. The van der Waals surface area contributed by atoms with Crippen molar-refractivity contribution in [2.75, 3.05) is 7.11 Å². The Bertz CT molecular complexity index is 431. The summed E-state index contributed by atoms with van der Waals surface area (Å²) in [5, 5.41) is 4.44. The van der Waals surface area contributed by atoms with Crippen LogP contribution < -0.4 is 5.32 Å². The van der Waals surface area contributed by atoms with Crippen LogP contribution in [-0.2, 0) is 11.3 Å². The summed E-state index contributed by atoms with van der Waals surface area (Å²) >= 11 is 6.24. The molecule has 1 fully saturated rings. The Labute approximate surface area is 115 Å². The summed E-state index contributed by atoms with van der Waals surface area (Å²) in [4.78, 5) is 0. The Kier molecular flexibility index (Phi) is 4.00. The van der Waals surface area contributed by atoms with Crippen LogP contribution in [0.5, 0.6) is 0 Å². The molecule has 2 unspecified atom stereocenters. The highest BCUT2D eigenvalue weighted by molar-refractivity contribution is 6.31. The lowest BCUT2D eigenvalue weighted by Gasteiger charge is -2.51. The van der Waals surface area contributed by atoms with Crippen LogP contribution in [0.1, 0.15) is 31.4 Å². The lowest BCUT2D eigenvalue weighted by molar-refractivity contribution is -0.0979. The third kappa shape index (κ3) is 2.56. The lowest BCUT2D eigenvalue weighted by atomic mass is 9.64. The van der Waals surface area contributed by atoms with Crippen molar-refractivity contribution in [1.82, 2.24) is 5.32 Å². The number of rotatable bonds is 4. The maximum Gasteiger partial charge on any atom is 0.0652 e. The van der Waals surface area contributed by atoms with Gasteiger partial charge in [0.05, 0.1) is 6.10 Å². The zero-order chi connectivity index (χ0) is 13.3. The van der Waals surface area contributed by atoms with E-state index in [4.69, 9.17) is 16.3 Å². The second-order valence-corrected chi connectivity index (χ2v) is 6.22. The number of ether oxygens (including phenoxy) is 1. The fourth-order valence-electron chi connectivity index (χ4n) is 2.66. The van der Waals surface area contributed by atoms with Gasteiger partial charge >= 0.3 is 0 Å². The summed E-state index contributed by atoms with van der Waals surface area (Å²) in [6.45, 7) is 7.38. The lowest BCUT2D eigenvalue weighted by Crippen LogP contribution is -2.60. The van der Waals surface area contributed by atoms with Gasteiger partial charge < -0.3 is 10.1 Å². The fraction of sp³-hybridized carbons (Fsp3) is 0.600. The number of nitrogens with one attached hydrogen (secondary N) is 1. The van der Waals surface area contributed by atoms with Crippen LogP contribution in [0, 0.1) is 12.3 Å². The Morgan fingerprint density at radius 3 is 2.72 bits per heavy atom. The van der Waals surface area contributed by atoms with Crippen molar-refractivity contribution in [2.24, 2.45) is 5.41 Å². The van der Waals surface area contributed by atoms with E-state index in [1.54, 1.807) is 7.11 Å². The molecule has 0 bridgehead atoms. The topological polar surface area (TPSA) is 21.3 Å². The molecule has 0 spiro atoms. The highest BCUT2D eigenvalue weighted by Crippen LogP contribution is 2.42. The minimum absolute atomic E-state index is 0.200. The Morgan fingerprint density at radius 1 is 1.44 bits per heavy atom. The smallest absolute Gasteiger partial charge is 0.0652 e. The van der Waals surface area contributed by atoms with Gasteiger partial charge in [0.25, 0.3) is 0 Å². The van der Waals surface area contributed by atoms with Crippen LogP contribution in [0.3, 0.4) is 0 Å². The quantitative estimate of drug-likeness (QED) is 0.901. The molecule has 1 aliphatic carbocycles. The summed E-state index contributed by atoms with van der Waals surface area (Å²) < 4.78 is 5.46. The summed E-state index contributed by atoms with van der Waals surface area (Å²) in [7, 11) is 1.79. The van der Waals surface area contributed by atoms with Crippen molar-refractivity contribution < 1.29 is 4.74 Å². The molecule has 0 saturated heterocycles. The van der Waals surface area contributed by atoms with Crippen molar-refractivity contribution >= 4 is 11.6 Å². The number of methoxy groups -OCH3 is 1. The highest BCUT2D eigenvalue weighted by Gasteiger charge is 2.48. The molecule has 0 radical (unpaired) electrons. The first-order chi connectivity index (χ1) is 8.45. The molecular weight excluding hydrogens is 246 g/mol. The third-order valence-corrected chi connectivity index (χ3v) is 4.56. The number of aryl methyl sites for hydroxylation is 1. The van der Waals surface area contributed by atoms with E-state index < -0.39 is 0 Å². The molecule has 3 heteroatoms. The van der Waals surface area contributed by atoms with Gasteiger partial charge in [0.15, 0.2) is 0 Å². The van der Waals surface area contributed by atoms with E-state index in [-0.39, 0.29) is 5.41 Å². The Morgan fingerprint density at radius 2 is 2.17 bits per heavy atom. The van der Waals surface area contributed by atoms with Crippen LogP contribution in [0.2, 0.25) is 5.02 Å². The van der Waals surface area contributed by atoms with Crippen LogP contribution >= 0.6 is 11.6 Å². The summed E-state index contributed by atoms with van der Waals surface area (Å²) in [5.41, 5.74) is 2.57. The first-order valence-electron chi connectivity index (χ1n) is 6.46. The molecule has 0 amide bonds. The molecule has 1 aromatic rings. The molecule has 1 saturated carbocycles. The maximum atomic E-state index is 6.24. The van der Waals surface area contributed by atoms with Gasteiger partial charge in [-0.15, -0.1) is 0 Å². The second kappa shape index (κ2) is 5.20. The van der Waals surface area contributed by atoms with Crippen LogP contribution in [0.15, 0.2) is 18.2 Å². The van der Waals surface area contributed by atoms with E-state index in [2.05, 4.69) is 38.2 Å². The minimum Gasteiger partial charge on any atom is -0.381 e. The van der Waals surface area contributed by atoms with Gasteiger partial charge in [0.1, 0.15) is 0 Å². The molecule has 100 valence electrons. The Hall–Kier alpha value is -0.570. The zero-order valence-corrected chi connectivity index (χ0v) is 12.3. The SMILES string of the molecule is COC1CC(NCc2ccc(C)cc2Cl)C1(C)C. The van der Waals surface area contributed by atoms with Gasteiger partial charge in [0.2, 0.25) is 0 Å². The van der Waals surface area contributed by atoms with Crippen LogP contribution in [0.25, 0.3) is 0 Å². The van der Waals surface area contributed by atoms with Crippen LogP contribution in [-0.4, -0.2) is 19.3 Å². The Balaban J connectivity index is 1.93. The van der Waals surface area contributed by atoms with Crippen molar-refractivity contribution in [3.8, 4) is 0 Å². The average molecular weight is 268 g/mol. The van der Waals surface area contributed by atoms with E-state index in [1.165, 1.54) is 11.1 Å². The molecule has 18 heavy (non-hydrogen) atoms. The number of halogens is 1. The van der Waals surface area contributed by atoms with E-state index in [9.17, 15) is 0 Å². The fourth-order valence-corrected chi connectivity index (χ4v) is 2.96. The number of hydrogen-bond donors (Lipinski definition) is 1. The average Bonchev–Trinajstić information content (AvgIpc) is 2.30. The first kappa shape index (κ1) is 13.9. The van der Waals surface area contributed by atoms with E-state index >= 15 is 0 Å². The number of hydrogen-bond acceptors (Lipinski definition) is 2. The van der Waals surface area contributed by atoms with Crippen molar-refractivity contribution in [1.29, 1.82) is 0 Å². The normalized spacial score (nSPS) is 25.8. The summed E-state index contributed by atoms with van der Waals surface area (Å²) in [6.07, 6.45) is 1.44. The molecule has 2 atom stereocenters. The monoisotopic (exact) mass is 267 g/mol. The van der Waals surface area contributed by atoms with Gasteiger partial charge in [-0.05, 0) is 30.5 Å². The zero-order valence-electron chi connectivity index (χ0n) is 11.6. The second-order valence-electron chi connectivity index (χ2n) is 5.81. The summed E-state index contributed by atoms with van der Waals surface area (Å²) in [6, 6.07) is 6.72. The molecule has 1 aromatic carbocycles. The van der Waals surface area contributed by atoms with E-state index in [0.717, 1.165) is 18.0 Å². The molecular formula is C15H22ClNO. The molecule has 0 aromatic heterocycles. The largest absolute Gasteiger partial charge is 0.381 e. The minimum atomic E-state index is 0.200. The van der Waals surface area contributed by atoms with Crippen LogP contribution in [0.4, 0.5) is 0 Å². The highest BCUT2D eigenvalue weighted by atomic mass is 35.5. The molecule has 0 aliphatic heterocycles. The van der Waals surface area contributed by atoms with Gasteiger partial charge in [-0.25, -0.2) is 0 Å². The summed E-state index contributed by atoms with van der Waals surface area (Å²) in [5.74, 6) is 0. The number of benzene rings is 1. The van der Waals surface area contributed by atoms with Gasteiger partial charge in [-0.2, -0.15) is 0 Å². The van der Waals surface area contributed by atoms with Crippen molar-refractivity contribution in [3.05, 3.63) is 34.3 Å². The third-order valence-electron chi connectivity index (χ3n) is 4.21. The van der Waals surface area contributed by atoms with Crippen molar-refractivity contribution in [3.63, 3.8) is 0 Å². The predicted octanol–water partition coefficient (Wildman–Crippen LogP) is 3.55. The first-order valence-corrected chi connectivity index (χ1v) is 6.84. The maximum absolute atomic E-state index is 6.24. The molecule has 1 aliphatic rings. The van der Waals surface area contributed by atoms with Gasteiger partial charge in [-0.3, -0.25) is 0 Å². The predicted molar refractivity (Wildman–Crippen MR) is 76.0 cm³/mol. The van der Waals surface area contributed by atoms with E-state index in [0.29, 0.717) is 12.1 Å². The molecule has 0 heterocycles. The van der Waals surface area contributed by atoms with Gasteiger partial charge in [-0.1, -0.05) is 37.6 Å². The van der Waals surface area contributed by atoms with E-state index in [1.807, 2.05) is 6.07 Å². The molecule has 2 nitrogen and oxygen atoms in total. The van der Waals surface area contributed by atoms with Crippen molar-refractivity contribution in [2.45, 2.75) is 45.9 Å².